The predicted molar refractivity (Wildman–Crippen MR) is 425 cm³/mol. The normalized spacial score (nSPS) is 25.5. The summed E-state index contributed by atoms with van der Waals surface area (Å²) in [6.07, 6.45) is 55.1. The first kappa shape index (κ1) is 99.0. The van der Waals surface area contributed by atoms with Crippen LogP contribution < -0.4 is 5.32 Å². The van der Waals surface area contributed by atoms with Crippen LogP contribution in [0.2, 0.25) is 0 Å². The number of aliphatic hydroxyl groups is 11. The van der Waals surface area contributed by atoms with Gasteiger partial charge in [0, 0.05) is 6.42 Å². The first-order valence-electron chi connectivity index (χ1n) is 45.3. The largest absolute Gasteiger partial charge is 0.394 e. The Labute approximate surface area is 646 Å². The van der Waals surface area contributed by atoms with Gasteiger partial charge in [-0.25, -0.2) is 0 Å². The van der Waals surface area contributed by atoms with Crippen molar-refractivity contribution in [1.82, 2.24) is 5.32 Å². The lowest BCUT2D eigenvalue weighted by Gasteiger charge is -2.48. The van der Waals surface area contributed by atoms with Crippen LogP contribution in [0.5, 0.6) is 0 Å². The van der Waals surface area contributed by atoms with Gasteiger partial charge in [-0.05, 0) is 12.8 Å². The average Bonchev–Trinajstić information content (AvgIpc) is 0.780. The van der Waals surface area contributed by atoms with Gasteiger partial charge in [-0.2, -0.15) is 0 Å². The maximum atomic E-state index is 13.5. The van der Waals surface area contributed by atoms with Crippen molar-refractivity contribution < 1.29 is 89.4 Å². The molecular weight excluding hydrogens is 1350 g/mol. The van der Waals surface area contributed by atoms with Crippen LogP contribution in [-0.2, 0) is 33.2 Å². The van der Waals surface area contributed by atoms with Crippen molar-refractivity contribution >= 4 is 5.91 Å². The number of rotatable bonds is 75. The van der Waals surface area contributed by atoms with Crippen molar-refractivity contribution in [2.45, 2.75) is 523 Å². The minimum Gasteiger partial charge on any atom is -0.394 e. The summed E-state index contributed by atoms with van der Waals surface area (Å²) in [6.45, 7) is 1.89. The van der Waals surface area contributed by atoms with Gasteiger partial charge in [0.15, 0.2) is 18.9 Å². The zero-order valence-corrected chi connectivity index (χ0v) is 68.0. The van der Waals surface area contributed by atoms with Crippen LogP contribution in [0.25, 0.3) is 0 Å². The molecule has 106 heavy (non-hydrogen) atoms. The van der Waals surface area contributed by atoms with Crippen LogP contribution in [-0.4, -0.2) is 193 Å². The second-order valence-electron chi connectivity index (χ2n) is 32.8. The van der Waals surface area contributed by atoms with Gasteiger partial charge in [0.05, 0.1) is 38.6 Å². The zero-order chi connectivity index (χ0) is 76.7. The summed E-state index contributed by atoms with van der Waals surface area (Å²) in [5, 5.41) is 121. The third-order valence-corrected chi connectivity index (χ3v) is 23.2. The third-order valence-electron chi connectivity index (χ3n) is 23.2. The minimum atomic E-state index is -1.97. The highest BCUT2D eigenvalue weighted by atomic mass is 16.8. The number of ether oxygens (including phenoxy) is 6. The van der Waals surface area contributed by atoms with Crippen LogP contribution in [0.4, 0.5) is 0 Å². The molecule has 0 aromatic carbocycles. The Kier molecular flexibility index (Phi) is 63.7. The molecule has 12 N–H and O–H groups in total. The number of hydrogen-bond acceptors (Lipinski definition) is 18. The summed E-state index contributed by atoms with van der Waals surface area (Å²) >= 11 is 0. The molecule has 17 atom stereocenters. The molecule has 3 aliphatic rings. The number of nitrogens with one attached hydrogen (secondary N) is 1. The molecule has 0 spiro atoms. The maximum absolute atomic E-state index is 13.5. The summed E-state index contributed by atoms with van der Waals surface area (Å²) in [4.78, 5) is 13.5. The Morgan fingerprint density at radius 2 is 0.538 bits per heavy atom. The monoisotopic (exact) mass is 1520 g/mol. The molecular formula is C87H169NO18. The summed E-state index contributed by atoms with van der Waals surface area (Å²) in [7, 11) is 0. The van der Waals surface area contributed by atoms with Gasteiger partial charge < -0.3 is 89.9 Å². The van der Waals surface area contributed by atoms with Gasteiger partial charge in [0.2, 0.25) is 5.91 Å². The van der Waals surface area contributed by atoms with E-state index < -0.39 is 124 Å². The van der Waals surface area contributed by atoms with Crippen LogP contribution in [0.1, 0.15) is 418 Å². The molecule has 0 saturated carbocycles. The fourth-order valence-corrected chi connectivity index (χ4v) is 16.0. The smallest absolute Gasteiger partial charge is 0.220 e. The molecule has 0 aliphatic carbocycles. The Morgan fingerprint density at radius 3 is 0.821 bits per heavy atom. The molecule has 17 unspecified atom stereocenters. The molecule has 3 rings (SSSR count). The standard InChI is InChI=1S/C87H169NO18/c1-3-5-7-9-11-13-15-17-19-21-23-25-27-29-30-31-32-33-34-35-36-37-38-39-40-41-43-45-47-49-51-53-55-57-59-61-63-65-75(93)88-70(71(92)64-62-60-58-56-54-52-50-48-46-44-42-28-26-24-22-20-18-16-14-12-10-8-6-4-2)69-101-85-81(99)78(96)83(73(67-90)103-85)106-87-82(100)79(97)84(74(68-91)104-87)105-86-80(98)77(95)76(94)72(66-89)102-86/h70-74,76-87,89-92,94-100H,3-69H2,1-2H3,(H,88,93). The van der Waals surface area contributed by atoms with Crippen molar-refractivity contribution in [2.24, 2.45) is 0 Å². The maximum Gasteiger partial charge on any atom is 0.220 e. The van der Waals surface area contributed by atoms with E-state index in [4.69, 9.17) is 28.4 Å². The second-order valence-corrected chi connectivity index (χ2v) is 32.8. The van der Waals surface area contributed by atoms with Crippen LogP contribution >= 0.6 is 0 Å². The fraction of sp³-hybridized carbons (Fsp3) is 0.989. The van der Waals surface area contributed by atoms with Crippen molar-refractivity contribution in [3.8, 4) is 0 Å². The van der Waals surface area contributed by atoms with Crippen LogP contribution in [0, 0.1) is 0 Å². The van der Waals surface area contributed by atoms with Crippen LogP contribution in [0.15, 0.2) is 0 Å². The second kappa shape index (κ2) is 68.2. The number of amides is 1. The van der Waals surface area contributed by atoms with E-state index in [0.29, 0.717) is 12.8 Å². The summed E-state index contributed by atoms with van der Waals surface area (Å²) in [5.74, 6) is -0.231. The topological polar surface area (TPSA) is 307 Å². The number of aliphatic hydroxyl groups excluding tert-OH is 11. The van der Waals surface area contributed by atoms with Crippen LogP contribution in [0.3, 0.4) is 0 Å². The van der Waals surface area contributed by atoms with E-state index in [0.717, 1.165) is 44.9 Å². The SMILES string of the molecule is CCCCCCCCCCCCCCCCCCCCCCCCCCCCCCCCCCCCCCCC(=O)NC(COC1OC(CO)C(OC2OC(CO)C(OC3OC(CO)C(O)C(O)C3O)C(O)C2O)C(O)C1O)C(O)CCCCCCCCCCCCCCCCCCCCCCCCCC. The van der Waals surface area contributed by atoms with Gasteiger partial charge in [0.25, 0.3) is 0 Å². The molecule has 0 radical (unpaired) electrons. The van der Waals surface area contributed by atoms with Gasteiger partial charge in [-0.15, -0.1) is 0 Å². The van der Waals surface area contributed by atoms with E-state index >= 15 is 0 Å². The molecule has 3 aliphatic heterocycles. The highest BCUT2D eigenvalue weighted by molar-refractivity contribution is 5.76. The molecule has 0 aromatic rings. The lowest BCUT2D eigenvalue weighted by Crippen LogP contribution is -2.66. The van der Waals surface area contributed by atoms with E-state index in [9.17, 15) is 61.0 Å². The van der Waals surface area contributed by atoms with Crippen molar-refractivity contribution in [3.63, 3.8) is 0 Å². The molecule has 1 amide bonds. The molecule has 0 aromatic heterocycles. The Bertz CT molecular complexity index is 1910. The van der Waals surface area contributed by atoms with E-state index in [2.05, 4.69) is 19.2 Å². The highest BCUT2D eigenvalue weighted by Gasteiger charge is 2.54. The van der Waals surface area contributed by atoms with E-state index in [1.165, 1.54) is 340 Å². The highest BCUT2D eigenvalue weighted by Crippen LogP contribution is 2.34. The Hall–Kier alpha value is -1.21. The first-order valence-corrected chi connectivity index (χ1v) is 45.3. The number of carbonyl (C=O) groups excluding carboxylic acids is 1. The molecule has 630 valence electrons. The van der Waals surface area contributed by atoms with Crippen molar-refractivity contribution in [1.29, 1.82) is 0 Å². The number of carbonyl (C=O) groups is 1. The van der Waals surface area contributed by atoms with E-state index in [-0.39, 0.29) is 18.9 Å². The number of hydrogen-bond donors (Lipinski definition) is 12. The van der Waals surface area contributed by atoms with Gasteiger partial charge >= 0.3 is 0 Å². The summed E-state index contributed by atoms with van der Waals surface area (Å²) in [5.41, 5.74) is 0. The van der Waals surface area contributed by atoms with Gasteiger partial charge in [-0.3, -0.25) is 4.79 Å². The Balaban J connectivity index is 1.30. The zero-order valence-electron chi connectivity index (χ0n) is 68.0. The fourth-order valence-electron chi connectivity index (χ4n) is 16.0. The minimum absolute atomic E-state index is 0.231. The molecule has 19 nitrogen and oxygen atoms in total. The Morgan fingerprint density at radius 1 is 0.302 bits per heavy atom. The van der Waals surface area contributed by atoms with Gasteiger partial charge in [-0.1, -0.05) is 399 Å². The third kappa shape index (κ3) is 46.8. The first-order chi connectivity index (χ1) is 51.8. The average molecular weight is 1520 g/mol. The van der Waals surface area contributed by atoms with E-state index in [1.54, 1.807) is 0 Å². The molecule has 3 fully saturated rings. The number of unbranched alkanes of at least 4 members (excludes halogenated alkanes) is 59. The van der Waals surface area contributed by atoms with E-state index in [1.807, 2.05) is 0 Å². The summed E-state index contributed by atoms with van der Waals surface area (Å²) in [6, 6.07) is -0.884. The van der Waals surface area contributed by atoms with Crippen molar-refractivity contribution in [3.05, 3.63) is 0 Å². The predicted octanol–water partition coefficient (Wildman–Crippen LogP) is 16.9. The molecule has 19 heteroatoms. The molecule has 3 saturated heterocycles. The molecule has 3 heterocycles. The van der Waals surface area contributed by atoms with Gasteiger partial charge in [0.1, 0.15) is 73.2 Å². The van der Waals surface area contributed by atoms with Crippen molar-refractivity contribution in [2.75, 3.05) is 26.4 Å². The summed E-state index contributed by atoms with van der Waals surface area (Å²) < 4.78 is 34.6. The lowest BCUT2D eigenvalue weighted by molar-refractivity contribution is -0.379. The quantitative estimate of drug-likeness (QED) is 0.0252. The lowest BCUT2D eigenvalue weighted by atomic mass is 9.96. The molecule has 0 bridgehead atoms.